The molecule has 2 heteroatoms. The molecule has 1 aromatic rings. The molecule has 1 atom stereocenters. The van der Waals surface area contributed by atoms with Gasteiger partial charge in [-0.1, -0.05) is 38.1 Å². The van der Waals surface area contributed by atoms with E-state index in [1.54, 1.807) is 0 Å². The van der Waals surface area contributed by atoms with Gasteiger partial charge in [0.15, 0.2) is 5.78 Å². The summed E-state index contributed by atoms with van der Waals surface area (Å²) in [5.74, 6) is 0.791. The van der Waals surface area contributed by atoms with Crippen molar-refractivity contribution in [3.63, 3.8) is 0 Å². The van der Waals surface area contributed by atoms with Crippen molar-refractivity contribution in [1.82, 2.24) is 0 Å². The first-order valence-electron chi connectivity index (χ1n) is 6.48. The van der Waals surface area contributed by atoms with E-state index in [-0.39, 0.29) is 11.2 Å². The highest BCUT2D eigenvalue weighted by molar-refractivity contribution is 6.02. The van der Waals surface area contributed by atoms with Crippen molar-refractivity contribution in [1.29, 1.82) is 0 Å². The lowest BCUT2D eigenvalue weighted by atomic mass is 9.92. The highest BCUT2D eigenvalue weighted by atomic mass is 16.1. The molecule has 92 valence electrons. The van der Waals surface area contributed by atoms with E-state index >= 15 is 0 Å². The van der Waals surface area contributed by atoms with Crippen LogP contribution in [0, 0.1) is 5.41 Å². The Morgan fingerprint density at radius 2 is 1.94 bits per heavy atom. The monoisotopic (exact) mass is 231 g/mol. The quantitative estimate of drug-likeness (QED) is 0.791. The predicted octanol–water partition coefficient (Wildman–Crippen LogP) is 3.12. The van der Waals surface area contributed by atoms with Crippen LogP contribution >= 0.6 is 0 Å². The van der Waals surface area contributed by atoms with Crippen LogP contribution in [0.25, 0.3) is 0 Å². The summed E-state index contributed by atoms with van der Waals surface area (Å²) in [7, 11) is 0. The van der Waals surface area contributed by atoms with Crippen LogP contribution in [0.2, 0.25) is 0 Å². The van der Waals surface area contributed by atoms with Crippen LogP contribution in [0.1, 0.15) is 54.9 Å². The first-order chi connectivity index (χ1) is 8.13. The molecule has 0 aliphatic heterocycles. The van der Waals surface area contributed by atoms with Gasteiger partial charge in [-0.3, -0.25) is 4.79 Å². The van der Waals surface area contributed by atoms with Crippen LogP contribution in [-0.2, 0) is 0 Å². The number of hydrogen-bond acceptors (Lipinski definition) is 2. The fraction of sp³-hybridized carbons (Fsp3) is 0.533. The third kappa shape index (κ3) is 2.27. The lowest BCUT2D eigenvalue weighted by molar-refractivity contribution is 0.0905. The van der Waals surface area contributed by atoms with Gasteiger partial charge in [0.1, 0.15) is 0 Å². The third-order valence-electron chi connectivity index (χ3n) is 4.08. The van der Waals surface area contributed by atoms with Gasteiger partial charge in [-0.25, -0.2) is 0 Å². The molecule has 0 bridgehead atoms. The van der Waals surface area contributed by atoms with E-state index in [9.17, 15) is 4.79 Å². The maximum atomic E-state index is 12.2. The molecule has 1 aliphatic rings. The summed E-state index contributed by atoms with van der Waals surface area (Å²) in [6.07, 6.45) is 3.03. The maximum absolute atomic E-state index is 12.2. The van der Waals surface area contributed by atoms with Gasteiger partial charge in [-0.15, -0.1) is 0 Å². The third-order valence-corrected chi connectivity index (χ3v) is 4.08. The van der Waals surface area contributed by atoms with Crippen molar-refractivity contribution in [2.45, 2.75) is 39.0 Å². The molecule has 0 heterocycles. The molecule has 1 fully saturated rings. The van der Waals surface area contributed by atoms with E-state index in [2.05, 4.69) is 26.0 Å². The smallest absolute Gasteiger partial charge is 0.170 e. The van der Waals surface area contributed by atoms with E-state index in [0.29, 0.717) is 12.5 Å². The first-order valence-corrected chi connectivity index (χ1v) is 6.48. The minimum Gasteiger partial charge on any atom is -0.329 e. The molecule has 0 spiro atoms. The molecule has 1 aromatic carbocycles. The number of nitrogens with two attached hydrogens (primary N) is 1. The summed E-state index contributed by atoms with van der Waals surface area (Å²) < 4.78 is 0. The van der Waals surface area contributed by atoms with E-state index < -0.39 is 0 Å². The van der Waals surface area contributed by atoms with Crippen LogP contribution in [-0.4, -0.2) is 12.3 Å². The molecule has 1 saturated carbocycles. The Balaban J connectivity index is 2.16. The van der Waals surface area contributed by atoms with E-state index in [4.69, 9.17) is 5.73 Å². The second-order valence-corrected chi connectivity index (χ2v) is 5.24. The zero-order valence-corrected chi connectivity index (χ0v) is 10.7. The van der Waals surface area contributed by atoms with E-state index in [1.807, 2.05) is 12.1 Å². The molecule has 0 radical (unpaired) electrons. The highest BCUT2D eigenvalue weighted by Gasteiger charge is 2.48. The first kappa shape index (κ1) is 12.3. The van der Waals surface area contributed by atoms with E-state index in [0.717, 1.165) is 24.8 Å². The minimum atomic E-state index is -0.224. The van der Waals surface area contributed by atoms with Gasteiger partial charge in [0.05, 0.1) is 0 Å². The van der Waals surface area contributed by atoms with Gasteiger partial charge in [-0.05, 0) is 30.7 Å². The average molecular weight is 231 g/mol. The molecule has 1 unspecified atom stereocenters. The van der Waals surface area contributed by atoms with Crippen LogP contribution in [0.3, 0.4) is 0 Å². The molecule has 2 rings (SSSR count). The number of benzene rings is 1. The summed E-state index contributed by atoms with van der Waals surface area (Å²) in [5, 5.41) is 0. The summed E-state index contributed by atoms with van der Waals surface area (Å²) in [4.78, 5) is 12.2. The molecule has 17 heavy (non-hydrogen) atoms. The van der Waals surface area contributed by atoms with Crippen molar-refractivity contribution in [2.24, 2.45) is 11.1 Å². The second-order valence-electron chi connectivity index (χ2n) is 5.24. The Labute approximate surface area is 103 Å². The number of rotatable bonds is 5. The normalized spacial score (nSPS) is 18.8. The number of carbonyl (C=O) groups excluding carboxylic acids is 1. The van der Waals surface area contributed by atoms with Crippen LogP contribution < -0.4 is 5.73 Å². The Morgan fingerprint density at radius 1 is 1.35 bits per heavy atom. The molecule has 2 N–H and O–H groups in total. The maximum Gasteiger partial charge on any atom is 0.170 e. The number of Topliss-reactive ketones (excluding diaryl/α,β-unsaturated/α-hetero) is 1. The number of ketones is 1. The van der Waals surface area contributed by atoms with Gasteiger partial charge in [0.2, 0.25) is 0 Å². The fourth-order valence-corrected chi connectivity index (χ4v) is 2.18. The SMILES string of the molecule is CCC(C)c1ccc(C(=O)C2(CN)CC2)cc1. The van der Waals surface area contributed by atoms with Crippen LogP contribution in [0.5, 0.6) is 0 Å². The lowest BCUT2D eigenvalue weighted by Crippen LogP contribution is -2.25. The van der Waals surface area contributed by atoms with Gasteiger partial charge < -0.3 is 5.73 Å². The van der Waals surface area contributed by atoms with Gasteiger partial charge in [-0.2, -0.15) is 0 Å². The van der Waals surface area contributed by atoms with Crippen molar-refractivity contribution in [3.05, 3.63) is 35.4 Å². The Bertz CT molecular complexity index is 403. The standard InChI is InChI=1S/C15H21NO/c1-3-11(2)12-4-6-13(7-5-12)14(17)15(10-16)8-9-15/h4-7,11H,3,8-10,16H2,1-2H3. The molecular formula is C15H21NO. The zero-order valence-electron chi connectivity index (χ0n) is 10.7. The largest absolute Gasteiger partial charge is 0.329 e. The summed E-state index contributed by atoms with van der Waals surface area (Å²) in [6, 6.07) is 8.07. The number of carbonyl (C=O) groups is 1. The van der Waals surface area contributed by atoms with Crippen LogP contribution in [0.15, 0.2) is 24.3 Å². The summed E-state index contributed by atoms with van der Waals surface area (Å²) >= 11 is 0. The Hall–Kier alpha value is -1.15. The van der Waals surface area contributed by atoms with Crippen molar-refractivity contribution in [3.8, 4) is 0 Å². The van der Waals surface area contributed by atoms with Crippen molar-refractivity contribution in [2.75, 3.05) is 6.54 Å². The van der Waals surface area contributed by atoms with Gasteiger partial charge in [0.25, 0.3) is 0 Å². The topological polar surface area (TPSA) is 43.1 Å². The molecule has 0 amide bonds. The summed E-state index contributed by atoms with van der Waals surface area (Å²) in [5.41, 5.74) is 7.59. The predicted molar refractivity (Wildman–Crippen MR) is 70.2 cm³/mol. The Kier molecular flexibility index (Phi) is 3.34. The molecule has 0 saturated heterocycles. The minimum absolute atomic E-state index is 0.224. The number of hydrogen-bond donors (Lipinski definition) is 1. The molecule has 2 nitrogen and oxygen atoms in total. The molecular weight excluding hydrogens is 210 g/mol. The molecule has 1 aliphatic carbocycles. The van der Waals surface area contributed by atoms with Gasteiger partial charge in [0, 0.05) is 17.5 Å². The van der Waals surface area contributed by atoms with E-state index in [1.165, 1.54) is 5.56 Å². The second kappa shape index (κ2) is 4.61. The summed E-state index contributed by atoms with van der Waals surface area (Å²) in [6.45, 7) is 4.87. The Morgan fingerprint density at radius 3 is 2.35 bits per heavy atom. The zero-order chi connectivity index (χ0) is 12.5. The fourth-order valence-electron chi connectivity index (χ4n) is 2.18. The highest BCUT2D eigenvalue weighted by Crippen LogP contribution is 2.47. The average Bonchev–Trinajstić information content (AvgIpc) is 3.18. The lowest BCUT2D eigenvalue weighted by Gasteiger charge is -2.13. The van der Waals surface area contributed by atoms with Crippen molar-refractivity contribution < 1.29 is 4.79 Å². The van der Waals surface area contributed by atoms with Crippen molar-refractivity contribution >= 4 is 5.78 Å². The van der Waals surface area contributed by atoms with Crippen LogP contribution in [0.4, 0.5) is 0 Å². The van der Waals surface area contributed by atoms with Gasteiger partial charge >= 0.3 is 0 Å². The molecule has 0 aromatic heterocycles.